The highest BCUT2D eigenvalue weighted by Gasteiger charge is 2.25. The molecular weight excluding hydrogens is 270 g/mol. The van der Waals surface area contributed by atoms with Gasteiger partial charge < -0.3 is 9.80 Å². The van der Waals surface area contributed by atoms with E-state index in [0.29, 0.717) is 11.9 Å². The molecule has 20 heavy (non-hydrogen) atoms. The van der Waals surface area contributed by atoms with Crippen LogP contribution in [0.4, 0.5) is 5.82 Å². The maximum atomic E-state index is 6.19. The molecule has 2 rings (SSSR count). The van der Waals surface area contributed by atoms with Crippen LogP contribution in [0.3, 0.4) is 0 Å². The number of hydrogen-bond acceptors (Lipinski definition) is 3. The lowest BCUT2D eigenvalue weighted by atomic mass is 10.1. The molecule has 3 nitrogen and oxygen atoms in total. The molecule has 0 N–H and O–H groups in total. The first-order valence-corrected chi connectivity index (χ1v) is 8.08. The quantitative estimate of drug-likeness (QED) is 0.797. The lowest BCUT2D eigenvalue weighted by Crippen LogP contribution is -2.41. The molecule has 1 atom stereocenters. The number of alkyl halides is 1. The van der Waals surface area contributed by atoms with Crippen molar-refractivity contribution in [2.24, 2.45) is 0 Å². The zero-order valence-corrected chi connectivity index (χ0v) is 13.9. The summed E-state index contributed by atoms with van der Waals surface area (Å²) < 4.78 is 0. The van der Waals surface area contributed by atoms with Gasteiger partial charge in [0, 0.05) is 30.4 Å². The fraction of sp³-hybridized carbons (Fsp3) is 0.688. The van der Waals surface area contributed by atoms with Gasteiger partial charge in [-0.2, -0.15) is 0 Å². The fourth-order valence-electron chi connectivity index (χ4n) is 3.12. The molecule has 2 heterocycles. The molecule has 0 aliphatic carbocycles. The molecule has 0 amide bonds. The number of hydrogen-bond donors (Lipinski definition) is 0. The van der Waals surface area contributed by atoms with Crippen LogP contribution in [-0.2, 0) is 5.88 Å². The van der Waals surface area contributed by atoms with Crippen LogP contribution in [0.25, 0.3) is 0 Å². The van der Waals surface area contributed by atoms with Crippen molar-refractivity contribution >= 4 is 17.4 Å². The number of anilines is 1. The molecule has 0 spiro atoms. The third-order valence-corrected chi connectivity index (χ3v) is 4.50. The van der Waals surface area contributed by atoms with Gasteiger partial charge in [0.25, 0.3) is 0 Å². The molecule has 1 saturated heterocycles. The van der Waals surface area contributed by atoms with Gasteiger partial charge in [-0.25, -0.2) is 4.98 Å². The van der Waals surface area contributed by atoms with Crippen molar-refractivity contribution in [3.63, 3.8) is 0 Å². The Kier molecular flexibility index (Phi) is 5.28. The fourth-order valence-corrected chi connectivity index (χ4v) is 3.45. The van der Waals surface area contributed by atoms with Gasteiger partial charge in [0.05, 0.1) is 5.88 Å². The van der Waals surface area contributed by atoms with Gasteiger partial charge >= 0.3 is 0 Å². The lowest BCUT2D eigenvalue weighted by Gasteiger charge is -2.33. The molecule has 0 radical (unpaired) electrons. The van der Waals surface area contributed by atoms with Crippen LogP contribution in [0.1, 0.15) is 36.6 Å². The SMILES string of the molecule is CCC1CN(C)CCCN1c1nc(C)cc(C)c1CCl. The molecule has 112 valence electrons. The van der Waals surface area contributed by atoms with Gasteiger partial charge in [0.15, 0.2) is 0 Å². The van der Waals surface area contributed by atoms with Gasteiger partial charge in [0.2, 0.25) is 0 Å². The topological polar surface area (TPSA) is 19.4 Å². The molecule has 1 aromatic heterocycles. The van der Waals surface area contributed by atoms with E-state index in [-0.39, 0.29) is 0 Å². The number of aryl methyl sites for hydroxylation is 2. The average molecular weight is 296 g/mol. The normalized spacial score (nSPS) is 21.1. The summed E-state index contributed by atoms with van der Waals surface area (Å²) in [5.41, 5.74) is 3.54. The van der Waals surface area contributed by atoms with Crippen LogP contribution in [0.15, 0.2) is 6.07 Å². The number of halogens is 1. The number of rotatable bonds is 3. The average Bonchev–Trinajstić information content (AvgIpc) is 2.59. The van der Waals surface area contributed by atoms with Crippen molar-refractivity contribution in [2.75, 3.05) is 31.6 Å². The van der Waals surface area contributed by atoms with E-state index in [1.54, 1.807) is 0 Å². The van der Waals surface area contributed by atoms with Crippen molar-refractivity contribution < 1.29 is 0 Å². The molecule has 1 aliphatic rings. The van der Waals surface area contributed by atoms with E-state index >= 15 is 0 Å². The van der Waals surface area contributed by atoms with E-state index in [0.717, 1.165) is 37.6 Å². The third kappa shape index (κ3) is 3.26. The van der Waals surface area contributed by atoms with E-state index in [9.17, 15) is 0 Å². The van der Waals surface area contributed by atoms with Crippen LogP contribution in [0, 0.1) is 13.8 Å². The Labute approximate surface area is 127 Å². The van der Waals surface area contributed by atoms with Crippen molar-refractivity contribution in [2.45, 2.75) is 45.5 Å². The van der Waals surface area contributed by atoms with Gasteiger partial charge in [-0.15, -0.1) is 11.6 Å². The van der Waals surface area contributed by atoms with Crippen molar-refractivity contribution in [3.8, 4) is 0 Å². The Morgan fingerprint density at radius 3 is 2.75 bits per heavy atom. The second-order valence-electron chi connectivity index (χ2n) is 5.89. The second-order valence-corrected chi connectivity index (χ2v) is 6.15. The molecule has 1 fully saturated rings. The maximum Gasteiger partial charge on any atom is 0.133 e. The molecule has 0 bridgehead atoms. The summed E-state index contributed by atoms with van der Waals surface area (Å²) in [5, 5.41) is 0. The molecular formula is C16H26ClN3. The van der Waals surface area contributed by atoms with Crippen molar-refractivity contribution in [1.29, 1.82) is 0 Å². The summed E-state index contributed by atoms with van der Waals surface area (Å²) >= 11 is 6.19. The first-order valence-electron chi connectivity index (χ1n) is 7.55. The lowest BCUT2D eigenvalue weighted by molar-refractivity contribution is 0.327. The van der Waals surface area contributed by atoms with E-state index in [4.69, 9.17) is 16.6 Å². The van der Waals surface area contributed by atoms with Crippen LogP contribution in [-0.4, -0.2) is 42.6 Å². The second kappa shape index (κ2) is 6.77. The van der Waals surface area contributed by atoms with Gasteiger partial charge in [0.1, 0.15) is 5.82 Å². The van der Waals surface area contributed by atoms with E-state index in [2.05, 4.69) is 43.7 Å². The highest BCUT2D eigenvalue weighted by molar-refractivity contribution is 6.17. The van der Waals surface area contributed by atoms with Crippen molar-refractivity contribution in [3.05, 3.63) is 22.9 Å². The molecule has 1 aromatic rings. The number of nitrogens with zero attached hydrogens (tertiary/aromatic N) is 3. The minimum absolute atomic E-state index is 0.526. The van der Waals surface area contributed by atoms with Gasteiger partial charge in [-0.05, 0) is 51.9 Å². The Balaban J connectivity index is 2.42. The Morgan fingerprint density at radius 1 is 1.35 bits per heavy atom. The predicted molar refractivity (Wildman–Crippen MR) is 86.8 cm³/mol. The molecule has 0 saturated carbocycles. The van der Waals surface area contributed by atoms with E-state index < -0.39 is 0 Å². The minimum atomic E-state index is 0.526. The highest BCUT2D eigenvalue weighted by atomic mass is 35.5. The van der Waals surface area contributed by atoms with Crippen molar-refractivity contribution in [1.82, 2.24) is 9.88 Å². The largest absolute Gasteiger partial charge is 0.352 e. The first-order chi connectivity index (χ1) is 9.56. The Bertz CT molecular complexity index is 461. The smallest absolute Gasteiger partial charge is 0.133 e. The molecule has 1 unspecified atom stereocenters. The summed E-state index contributed by atoms with van der Waals surface area (Å²) in [6, 6.07) is 2.66. The van der Waals surface area contributed by atoms with Gasteiger partial charge in [-0.1, -0.05) is 6.92 Å². The highest BCUT2D eigenvalue weighted by Crippen LogP contribution is 2.28. The zero-order chi connectivity index (χ0) is 14.7. The van der Waals surface area contributed by atoms with Crippen LogP contribution < -0.4 is 4.90 Å². The van der Waals surface area contributed by atoms with Crippen LogP contribution in [0.5, 0.6) is 0 Å². The monoisotopic (exact) mass is 295 g/mol. The predicted octanol–water partition coefficient (Wildman–Crippen LogP) is 3.36. The third-order valence-electron chi connectivity index (χ3n) is 4.23. The maximum absolute atomic E-state index is 6.19. The van der Waals surface area contributed by atoms with Gasteiger partial charge in [-0.3, -0.25) is 0 Å². The molecule has 0 aromatic carbocycles. The standard InChI is InChI=1S/C16H26ClN3/c1-5-14-11-19(4)7-6-8-20(14)16-15(10-17)12(2)9-13(3)18-16/h9,14H,5-8,10-11H2,1-4H3. The molecule has 4 heteroatoms. The van der Waals surface area contributed by atoms with Crippen LogP contribution >= 0.6 is 11.6 Å². The first kappa shape index (κ1) is 15.6. The molecule has 1 aliphatic heterocycles. The van der Waals surface area contributed by atoms with E-state index in [1.807, 2.05) is 0 Å². The number of aromatic nitrogens is 1. The Hall–Kier alpha value is -0.800. The minimum Gasteiger partial charge on any atom is -0.352 e. The summed E-state index contributed by atoms with van der Waals surface area (Å²) in [4.78, 5) is 9.73. The number of likely N-dealkylation sites (N-methyl/N-ethyl adjacent to an activating group) is 1. The summed E-state index contributed by atoms with van der Waals surface area (Å²) in [6.45, 7) is 9.81. The summed E-state index contributed by atoms with van der Waals surface area (Å²) in [5.74, 6) is 1.65. The zero-order valence-electron chi connectivity index (χ0n) is 13.1. The van der Waals surface area contributed by atoms with E-state index in [1.165, 1.54) is 17.5 Å². The van der Waals surface area contributed by atoms with Crippen LogP contribution in [0.2, 0.25) is 0 Å². The number of pyridine rings is 1. The summed E-state index contributed by atoms with van der Waals surface area (Å²) in [6.07, 6.45) is 2.32. The summed E-state index contributed by atoms with van der Waals surface area (Å²) in [7, 11) is 2.21. The Morgan fingerprint density at radius 2 is 2.10 bits per heavy atom.